The minimum absolute atomic E-state index is 0.142. The number of carbonyl (C=O) groups is 3. The van der Waals surface area contributed by atoms with E-state index in [1.807, 2.05) is 12.2 Å². The highest BCUT2D eigenvalue weighted by Crippen LogP contribution is 2.45. The van der Waals surface area contributed by atoms with Crippen LogP contribution in [0.3, 0.4) is 0 Å². The number of carboxylic acids is 1. The third-order valence-electron chi connectivity index (χ3n) is 5.35. The molecule has 2 aliphatic heterocycles. The molecule has 2 fully saturated rings. The Hall–Kier alpha value is -2.05. The Kier molecular flexibility index (Phi) is 4.51. The Morgan fingerprint density at radius 2 is 2.08 bits per heavy atom. The first-order valence-electron chi connectivity index (χ1n) is 8.69. The van der Waals surface area contributed by atoms with Crippen molar-refractivity contribution in [2.75, 3.05) is 20.1 Å². The largest absolute Gasteiger partial charge is 0.479 e. The second kappa shape index (κ2) is 6.45. The number of allylic oxidation sites excluding steroid dienone is 1. The summed E-state index contributed by atoms with van der Waals surface area (Å²) in [6.45, 7) is 1.21. The number of hydrogen-bond acceptors (Lipinski definition) is 3. The second-order valence-corrected chi connectivity index (χ2v) is 7.06. The number of nitrogens with one attached hydrogen (secondary N) is 1. The van der Waals surface area contributed by atoms with Crippen molar-refractivity contribution in [3.8, 4) is 0 Å². The van der Waals surface area contributed by atoms with Crippen molar-refractivity contribution in [3.63, 3.8) is 0 Å². The zero-order valence-electron chi connectivity index (χ0n) is 14.0. The average molecular weight is 335 g/mol. The van der Waals surface area contributed by atoms with Gasteiger partial charge in [-0.3, -0.25) is 4.79 Å². The molecule has 1 saturated heterocycles. The van der Waals surface area contributed by atoms with Crippen LogP contribution in [0.25, 0.3) is 0 Å². The molecule has 7 nitrogen and oxygen atoms in total. The Labute approximate surface area is 141 Å². The molecule has 3 atom stereocenters. The lowest BCUT2D eigenvalue weighted by molar-refractivity contribution is -0.144. The molecular weight excluding hydrogens is 310 g/mol. The Morgan fingerprint density at radius 1 is 1.29 bits per heavy atom. The third-order valence-corrected chi connectivity index (χ3v) is 5.35. The van der Waals surface area contributed by atoms with Crippen LogP contribution in [0.1, 0.15) is 38.5 Å². The minimum Gasteiger partial charge on any atom is -0.479 e. The van der Waals surface area contributed by atoms with Crippen molar-refractivity contribution in [1.29, 1.82) is 0 Å². The fourth-order valence-corrected chi connectivity index (χ4v) is 3.72. The number of carboxylic acid groups (broad SMARTS) is 1. The van der Waals surface area contributed by atoms with Crippen LogP contribution < -0.4 is 5.32 Å². The molecule has 0 radical (unpaired) electrons. The van der Waals surface area contributed by atoms with Crippen LogP contribution in [-0.4, -0.2) is 64.5 Å². The summed E-state index contributed by atoms with van der Waals surface area (Å²) in [5.74, 6) is -1.50. The van der Waals surface area contributed by atoms with Crippen molar-refractivity contribution in [2.45, 2.75) is 50.1 Å². The highest BCUT2D eigenvalue weighted by Gasteiger charge is 2.61. The first-order valence-corrected chi connectivity index (χ1v) is 8.69. The van der Waals surface area contributed by atoms with E-state index in [1.165, 1.54) is 0 Å². The molecule has 132 valence electrons. The number of amides is 3. The molecule has 0 aromatic rings. The van der Waals surface area contributed by atoms with Gasteiger partial charge in [-0.1, -0.05) is 12.2 Å². The molecule has 24 heavy (non-hydrogen) atoms. The summed E-state index contributed by atoms with van der Waals surface area (Å²) in [5.41, 5.74) is -1.19. The van der Waals surface area contributed by atoms with Crippen molar-refractivity contribution in [1.82, 2.24) is 15.1 Å². The number of fused-ring (bicyclic) bond motifs is 2. The van der Waals surface area contributed by atoms with Crippen LogP contribution in [0.4, 0.5) is 4.79 Å². The van der Waals surface area contributed by atoms with E-state index in [4.69, 9.17) is 0 Å². The summed E-state index contributed by atoms with van der Waals surface area (Å²) in [4.78, 5) is 40.2. The lowest BCUT2D eigenvalue weighted by Gasteiger charge is -2.30. The second-order valence-electron chi connectivity index (χ2n) is 7.06. The van der Waals surface area contributed by atoms with Gasteiger partial charge in [0, 0.05) is 26.1 Å². The van der Waals surface area contributed by atoms with Crippen molar-refractivity contribution < 1.29 is 19.5 Å². The molecule has 1 aliphatic carbocycles. The van der Waals surface area contributed by atoms with Gasteiger partial charge in [-0.2, -0.15) is 0 Å². The van der Waals surface area contributed by atoms with Crippen LogP contribution in [0.15, 0.2) is 12.2 Å². The fourth-order valence-electron chi connectivity index (χ4n) is 3.72. The summed E-state index contributed by atoms with van der Waals surface area (Å²) in [5, 5.41) is 12.3. The molecular formula is C17H25N3O4. The van der Waals surface area contributed by atoms with Gasteiger partial charge in [0.1, 0.15) is 11.6 Å². The monoisotopic (exact) mass is 335 g/mol. The zero-order valence-corrected chi connectivity index (χ0v) is 14.0. The number of rotatable bonds is 1. The van der Waals surface area contributed by atoms with Crippen LogP contribution in [-0.2, 0) is 9.59 Å². The lowest BCUT2D eigenvalue weighted by atomic mass is 10.1. The van der Waals surface area contributed by atoms with Gasteiger partial charge in [-0.25, -0.2) is 9.59 Å². The van der Waals surface area contributed by atoms with Crippen LogP contribution in [0.2, 0.25) is 0 Å². The van der Waals surface area contributed by atoms with E-state index in [9.17, 15) is 19.5 Å². The topological polar surface area (TPSA) is 90.0 Å². The number of carbonyl (C=O) groups excluding carboxylic acids is 2. The third kappa shape index (κ3) is 2.99. The van der Waals surface area contributed by atoms with Crippen LogP contribution in [0.5, 0.6) is 0 Å². The van der Waals surface area contributed by atoms with Crippen molar-refractivity contribution in [2.24, 2.45) is 5.92 Å². The van der Waals surface area contributed by atoms with Gasteiger partial charge in [0.25, 0.3) is 0 Å². The maximum absolute atomic E-state index is 12.7. The van der Waals surface area contributed by atoms with Crippen LogP contribution in [0, 0.1) is 5.92 Å². The smallest absolute Gasteiger partial charge is 0.330 e. The molecule has 3 rings (SSSR count). The van der Waals surface area contributed by atoms with E-state index in [-0.39, 0.29) is 17.9 Å². The van der Waals surface area contributed by atoms with Gasteiger partial charge in [0.05, 0.1) is 0 Å². The fraction of sp³-hybridized carbons (Fsp3) is 0.706. The first-order chi connectivity index (χ1) is 11.5. The molecule has 2 N–H and O–H groups in total. The molecule has 0 bridgehead atoms. The van der Waals surface area contributed by atoms with E-state index >= 15 is 0 Å². The minimum atomic E-state index is -1.19. The van der Waals surface area contributed by atoms with Gasteiger partial charge in [0.15, 0.2) is 0 Å². The normalized spacial score (nSPS) is 35.5. The quantitative estimate of drug-likeness (QED) is 0.705. The molecule has 7 heteroatoms. The predicted molar refractivity (Wildman–Crippen MR) is 87.4 cm³/mol. The van der Waals surface area contributed by atoms with Gasteiger partial charge in [0.2, 0.25) is 5.91 Å². The van der Waals surface area contributed by atoms with Gasteiger partial charge < -0.3 is 20.2 Å². The lowest BCUT2D eigenvalue weighted by Crippen LogP contribution is -2.54. The van der Waals surface area contributed by atoms with Crippen molar-refractivity contribution in [3.05, 3.63) is 12.2 Å². The zero-order chi connectivity index (χ0) is 17.3. The summed E-state index contributed by atoms with van der Waals surface area (Å²) >= 11 is 0. The molecule has 0 aromatic heterocycles. The van der Waals surface area contributed by atoms with Gasteiger partial charge in [-0.15, -0.1) is 0 Å². The van der Waals surface area contributed by atoms with E-state index in [2.05, 4.69) is 5.32 Å². The first kappa shape index (κ1) is 16.8. The number of hydrogen-bond donors (Lipinski definition) is 2. The Balaban J connectivity index is 1.82. The molecule has 0 spiro atoms. The maximum atomic E-state index is 12.7. The number of aliphatic carboxylic acids is 1. The highest BCUT2D eigenvalue weighted by molar-refractivity contribution is 5.94. The molecule has 3 amide bonds. The standard InChI is InChI=1S/C17H25N3O4/c1-19-9-5-3-2-4-7-12-11-17(12,15(22)23)18-14(21)13-8-6-10-20(13)16(19)24/h4,7,12-13H,2-3,5-6,8-11H2,1H3,(H,18,21)(H,22,23)/b7-4-/t12-,13+,17-/m1/s1. The van der Waals surface area contributed by atoms with E-state index in [0.717, 1.165) is 25.7 Å². The van der Waals surface area contributed by atoms with E-state index < -0.39 is 17.6 Å². The Morgan fingerprint density at radius 3 is 2.83 bits per heavy atom. The average Bonchev–Trinajstić information content (AvgIpc) is 3.03. The Bertz CT molecular complexity index is 576. The molecule has 2 heterocycles. The van der Waals surface area contributed by atoms with Crippen molar-refractivity contribution >= 4 is 17.9 Å². The summed E-state index contributed by atoms with van der Waals surface area (Å²) in [7, 11) is 1.76. The van der Waals surface area contributed by atoms with Gasteiger partial charge in [-0.05, 0) is 38.5 Å². The summed E-state index contributed by atoms with van der Waals surface area (Å²) < 4.78 is 0. The summed E-state index contributed by atoms with van der Waals surface area (Å²) in [6, 6.07) is -0.707. The molecule has 3 aliphatic rings. The predicted octanol–water partition coefficient (Wildman–Crippen LogP) is 1.20. The van der Waals surface area contributed by atoms with Crippen LogP contribution >= 0.6 is 0 Å². The number of nitrogens with zero attached hydrogens (tertiary/aromatic N) is 2. The maximum Gasteiger partial charge on any atom is 0.330 e. The molecule has 1 saturated carbocycles. The highest BCUT2D eigenvalue weighted by atomic mass is 16.4. The van der Waals surface area contributed by atoms with Gasteiger partial charge >= 0.3 is 12.0 Å². The molecule has 0 aromatic carbocycles. The summed E-state index contributed by atoms with van der Waals surface area (Å²) in [6.07, 6.45) is 8.39. The molecule has 0 unspecified atom stereocenters. The number of urea groups is 1. The van der Waals surface area contributed by atoms with E-state index in [1.54, 1.807) is 16.8 Å². The van der Waals surface area contributed by atoms with E-state index in [0.29, 0.717) is 25.9 Å². The SMILES string of the molecule is CN1CCCC/C=C\[C@@H]2C[C@@]2(C(=O)O)NC(=O)[C@@H]2CCCN2C1=O.